The van der Waals surface area contributed by atoms with Crippen LogP contribution in [0.1, 0.15) is 12.2 Å². The summed E-state index contributed by atoms with van der Waals surface area (Å²) in [5, 5.41) is 14.7. The van der Waals surface area contributed by atoms with Crippen molar-refractivity contribution in [3.8, 4) is 11.4 Å². The highest BCUT2D eigenvalue weighted by Crippen LogP contribution is 2.21. The molecule has 88 valence electrons. The van der Waals surface area contributed by atoms with Gasteiger partial charge in [0.15, 0.2) is 5.82 Å². The minimum Gasteiger partial charge on any atom is -0.393 e. The Morgan fingerprint density at radius 3 is 2.82 bits per heavy atom. The first-order valence-electron chi connectivity index (χ1n) is 5.60. The number of benzene rings is 1. The van der Waals surface area contributed by atoms with Crippen molar-refractivity contribution in [2.45, 2.75) is 25.5 Å². The number of aryl methyl sites for hydroxylation is 1. The molecule has 0 saturated heterocycles. The lowest BCUT2D eigenvalue weighted by molar-refractivity contribution is 0.138. The standard InChI is InChI=1S/C12H12ClN3O/c13-9-3-1-8(2-4-9)12-14-11-7-10(17)5-6-16(11)15-12/h1-4,10,17H,5-7H2. The molecule has 0 bridgehead atoms. The van der Waals surface area contributed by atoms with E-state index in [2.05, 4.69) is 10.1 Å². The number of halogens is 1. The normalized spacial score (nSPS) is 19.1. The van der Waals surface area contributed by atoms with Gasteiger partial charge in [-0.25, -0.2) is 9.67 Å². The van der Waals surface area contributed by atoms with Crippen LogP contribution in [-0.2, 0) is 13.0 Å². The van der Waals surface area contributed by atoms with E-state index in [4.69, 9.17) is 11.6 Å². The second-order valence-corrected chi connectivity index (χ2v) is 4.66. The Kier molecular flexibility index (Phi) is 2.61. The molecule has 1 atom stereocenters. The van der Waals surface area contributed by atoms with Crippen molar-refractivity contribution in [3.05, 3.63) is 35.1 Å². The molecule has 1 aromatic heterocycles. The number of aromatic nitrogens is 3. The van der Waals surface area contributed by atoms with E-state index in [1.165, 1.54) is 0 Å². The summed E-state index contributed by atoms with van der Waals surface area (Å²) in [6, 6.07) is 7.46. The molecule has 1 unspecified atom stereocenters. The fraction of sp³-hybridized carbons (Fsp3) is 0.333. The van der Waals surface area contributed by atoms with E-state index in [0.717, 1.165) is 24.4 Å². The smallest absolute Gasteiger partial charge is 0.181 e. The van der Waals surface area contributed by atoms with E-state index in [1.54, 1.807) is 0 Å². The van der Waals surface area contributed by atoms with Crippen LogP contribution in [0.3, 0.4) is 0 Å². The summed E-state index contributed by atoms with van der Waals surface area (Å²) < 4.78 is 1.87. The van der Waals surface area contributed by atoms with Gasteiger partial charge in [0.1, 0.15) is 5.82 Å². The average molecular weight is 250 g/mol. The monoisotopic (exact) mass is 249 g/mol. The van der Waals surface area contributed by atoms with E-state index in [9.17, 15) is 5.11 Å². The fourth-order valence-corrected chi connectivity index (χ4v) is 2.14. The molecule has 2 heterocycles. The minimum atomic E-state index is -0.287. The van der Waals surface area contributed by atoms with Crippen molar-refractivity contribution in [1.82, 2.24) is 14.8 Å². The van der Waals surface area contributed by atoms with Crippen molar-refractivity contribution in [1.29, 1.82) is 0 Å². The molecule has 1 aliphatic rings. The van der Waals surface area contributed by atoms with Gasteiger partial charge in [0, 0.05) is 23.6 Å². The molecule has 17 heavy (non-hydrogen) atoms. The summed E-state index contributed by atoms with van der Waals surface area (Å²) >= 11 is 5.84. The fourth-order valence-electron chi connectivity index (χ4n) is 2.01. The Morgan fingerprint density at radius 1 is 1.29 bits per heavy atom. The molecule has 0 aliphatic carbocycles. The predicted octanol–water partition coefficient (Wildman–Crippen LogP) is 1.91. The molecule has 0 saturated carbocycles. The number of aliphatic hydroxyl groups is 1. The molecule has 1 aromatic carbocycles. The van der Waals surface area contributed by atoms with Crippen LogP contribution in [0.5, 0.6) is 0 Å². The van der Waals surface area contributed by atoms with Gasteiger partial charge in [0.25, 0.3) is 0 Å². The summed E-state index contributed by atoms with van der Waals surface area (Å²) in [4.78, 5) is 4.45. The van der Waals surface area contributed by atoms with Crippen LogP contribution < -0.4 is 0 Å². The molecule has 4 nitrogen and oxygen atoms in total. The first-order valence-corrected chi connectivity index (χ1v) is 5.98. The van der Waals surface area contributed by atoms with Crippen molar-refractivity contribution in [2.24, 2.45) is 0 Å². The van der Waals surface area contributed by atoms with Gasteiger partial charge in [-0.15, -0.1) is 0 Å². The lowest BCUT2D eigenvalue weighted by Gasteiger charge is -2.16. The maximum absolute atomic E-state index is 9.57. The number of fused-ring (bicyclic) bond motifs is 1. The third kappa shape index (κ3) is 2.06. The lowest BCUT2D eigenvalue weighted by atomic mass is 10.1. The largest absolute Gasteiger partial charge is 0.393 e. The van der Waals surface area contributed by atoms with Crippen LogP contribution in [0.2, 0.25) is 5.02 Å². The quantitative estimate of drug-likeness (QED) is 0.840. The minimum absolute atomic E-state index is 0.287. The average Bonchev–Trinajstić information content (AvgIpc) is 2.72. The maximum Gasteiger partial charge on any atom is 0.181 e. The molecule has 5 heteroatoms. The zero-order chi connectivity index (χ0) is 11.8. The molecule has 1 aliphatic heterocycles. The Morgan fingerprint density at radius 2 is 2.06 bits per heavy atom. The van der Waals surface area contributed by atoms with Gasteiger partial charge in [-0.3, -0.25) is 0 Å². The molecular weight excluding hydrogens is 238 g/mol. The third-order valence-corrected chi connectivity index (χ3v) is 3.20. The van der Waals surface area contributed by atoms with Crippen LogP contribution >= 0.6 is 11.6 Å². The van der Waals surface area contributed by atoms with Crippen LogP contribution in [-0.4, -0.2) is 26.0 Å². The highest BCUT2D eigenvalue weighted by molar-refractivity contribution is 6.30. The molecule has 1 N–H and O–H groups in total. The SMILES string of the molecule is OC1CCn2nc(-c3ccc(Cl)cc3)nc2C1. The van der Waals surface area contributed by atoms with E-state index in [0.29, 0.717) is 17.3 Å². The lowest BCUT2D eigenvalue weighted by Crippen LogP contribution is -2.23. The van der Waals surface area contributed by atoms with Crippen molar-refractivity contribution in [3.63, 3.8) is 0 Å². The predicted molar refractivity (Wildman–Crippen MR) is 64.8 cm³/mol. The van der Waals surface area contributed by atoms with Gasteiger partial charge >= 0.3 is 0 Å². The summed E-state index contributed by atoms with van der Waals surface area (Å²) in [7, 11) is 0. The zero-order valence-corrected chi connectivity index (χ0v) is 9.93. The van der Waals surface area contributed by atoms with Crippen molar-refractivity contribution >= 4 is 11.6 Å². The molecule has 2 aromatic rings. The Balaban J connectivity index is 1.97. The highest BCUT2D eigenvalue weighted by atomic mass is 35.5. The maximum atomic E-state index is 9.57. The van der Waals surface area contributed by atoms with E-state index in [1.807, 2.05) is 28.9 Å². The van der Waals surface area contributed by atoms with Crippen molar-refractivity contribution < 1.29 is 5.11 Å². The number of hydrogen-bond acceptors (Lipinski definition) is 3. The van der Waals surface area contributed by atoms with Crippen molar-refractivity contribution in [2.75, 3.05) is 0 Å². The number of aliphatic hydroxyl groups excluding tert-OH is 1. The highest BCUT2D eigenvalue weighted by Gasteiger charge is 2.20. The Hall–Kier alpha value is -1.39. The van der Waals surface area contributed by atoms with E-state index >= 15 is 0 Å². The topological polar surface area (TPSA) is 50.9 Å². The van der Waals surface area contributed by atoms with Crippen LogP contribution in [0.4, 0.5) is 0 Å². The molecular formula is C12H12ClN3O. The molecule has 0 amide bonds. The van der Waals surface area contributed by atoms with Gasteiger partial charge in [-0.05, 0) is 30.7 Å². The number of rotatable bonds is 1. The number of nitrogens with zero attached hydrogens (tertiary/aromatic N) is 3. The summed E-state index contributed by atoms with van der Waals surface area (Å²) in [6.45, 7) is 0.733. The third-order valence-electron chi connectivity index (χ3n) is 2.94. The first-order chi connectivity index (χ1) is 8.22. The second-order valence-electron chi connectivity index (χ2n) is 4.23. The summed E-state index contributed by atoms with van der Waals surface area (Å²) in [6.07, 6.45) is 1.04. The number of hydrogen-bond donors (Lipinski definition) is 1. The second kappa shape index (κ2) is 4.13. The molecule has 0 radical (unpaired) electrons. The van der Waals surface area contributed by atoms with Crippen LogP contribution in [0, 0.1) is 0 Å². The molecule has 0 spiro atoms. The van der Waals surface area contributed by atoms with Gasteiger partial charge in [0.2, 0.25) is 0 Å². The van der Waals surface area contributed by atoms with E-state index < -0.39 is 0 Å². The Bertz CT molecular complexity index is 535. The van der Waals surface area contributed by atoms with E-state index in [-0.39, 0.29) is 6.10 Å². The molecule has 0 fully saturated rings. The van der Waals surface area contributed by atoms with Gasteiger partial charge in [-0.1, -0.05) is 11.6 Å². The van der Waals surface area contributed by atoms with Crippen LogP contribution in [0.15, 0.2) is 24.3 Å². The van der Waals surface area contributed by atoms with Gasteiger partial charge < -0.3 is 5.11 Å². The summed E-state index contributed by atoms with van der Waals surface area (Å²) in [5.41, 5.74) is 0.950. The van der Waals surface area contributed by atoms with Gasteiger partial charge in [-0.2, -0.15) is 5.10 Å². The van der Waals surface area contributed by atoms with Crippen LogP contribution in [0.25, 0.3) is 11.4 Å². The molecule has 3 rings (SSSR count). The first kappa shape index (κ1) is 10.7. The van der Waals surface area contributed by atoms with Gasteiger partial charge in [0.05, 0.1) is 6.10 Å². The zero-order valence-electron chi connectivity index (χ0n) is 9.17. The Labute approximate surface area is 104 Å². The summed E-state index contributed by atoms with van der Waals surface area (Å²) in [5.74, 6) is 1.56.